The topological polar surface area (TPSA) is 29.5 Å². The maximum Gasteiger partial charge on any atom is 0.0656 e. The van der Waals surface area contributed by atoms with Crippen molar-refractivity contribution in [3.05, 3.63) is 33.9 Å². The summed E-state index contributed by atoms with van der Waals surface area (Å²) < 4.78 is 5.31. The second-order valence-corrected chi connectivity index (χ2v) is 5.07. The van der Waals surface area contributed by atoms with Gasteiger partial charge in [-0.15, -0.1) is 0 Å². The third-order valence-corrected chi connectivity index (χ3v) is 3.96. The molecule has 0 aromatic heterocycles. The Bertz CT molecular complexity index is 385. The van der Waals surface area contributed by atoms with Crippen LogP contribution in [0, 0.1) is 27.7 Å². The van der Waals surface area contributed by atoms with Gasteiger partial charge >= 0.3 is 0 Å². The molecule has 0 saturated carbocycles. The van der Waals surface area contributed by atoms with E-state index in [4.69, 9.17) is 4.74 Å². The normalized spacial score (nSPS) is 18.3. The van der Waals surface area contributed by atoms with Gasteiger partial charge in [-0.3, -0.25) is 0 Å². The van der Waals surface area contributed by atoms with Crippen LogP contribution < -0.4 is 0 Å². The number of aliphatic hydroxyl groups excluding tert-OH is 1. The van der Waals surface area contributed by atoms with Gasteiger partial charge in [0.1, 0.15) is 0 Å². The van der Waals surface area contributed by atoms with Crippen LogP contribution in [0.2, 0.25) is 0 Å². The molecule has 88 valence electrons. The molecule has 0 amide bonds. The first-order valence-electron chi connectivity index (χ1n) is 5.78. The lowest BCUT2D eigenvalue weighted by atomic mass is 9.73. The van der Waals surface area contributed by atoms with Crippen molar-refractivity contribution < 1.29 is 9.84 Å². The van der Waals surface area contributed by atoms with Gasteiger partial charge in [-0.1, -0.05) is 6.07 Å². The minimum absolute atomic E-state index is 0.148. The van der Waals surface area contributed by atoms with E-state index in [-0.39, 0.29) is 12.0 Å². The molecule has 1 aliphatic rings. The highest BCUT2D eigenvalue weighted by Gasteiger charge is 2.42. The van der Waals surface area contributed by atoms with Crippen LogP contribution in [0.15, 0.2) is 6.07 Å². The monoisotopic (exact) mass is 220 g/mol. The zero-order valence-corrected chi connectivity index (χ0v) is 10.6. The average molecular weight is 220 g/mol. The number of benzene rings is 1. The molecule has 16 heavy (non-hydrogen) atoms. The second-order valence-electron chi connectivity index (χ2n) is 5.07. The van der Waals surface area contributed by atoms with Crippen LogP contribution >= 0.6 is 0 Å². The highest BCUT2D eigenvalue weighted by atomic mass is 16.5. The molecule has 2 heteroatoms. The summed E-state index contributed by atoms with van der Waals surface area (Å²) in [4.78, 5) is 0. The maximum absolute atomic E-state index is 9.64. The van der Waals surface area contributed by atoms with Gasteiger partial charge in [-0.2, -0.15) is 0 Å². The summed E-state index contributed by atoms with van der Waals surface area (Å²) in [5.74, 6) is 0. The Morgan fingerprint density at radius 2 is 1.62 bits per heavy atom. The lowest BCUT2D eigenvalue weighted by molar-refractivity contribution is -0.0847. The van der Waals surface area contributed by atoms with E-state index in [9.17, 15) is 5.11 Å². The summed E-state index contributed by atoms with van der Waals surface area (Å²) in [5, 5.41) is 9.64. The molecule has 1 N–H and O–H groups in total. The number of aryl methyl sites for hydroxylation is 2. The van der Waals surface area contributed by atoms with E-state index in [1.165, 1.54) is 27.8 Å². The van der Waals surface area contributed by atoms with Crippen molar-refractivity contribution in [3.63, 3.8) is 0 Å². The molecule has 0 spiro atoms. The summed E-state index contributed by atoms with van der Waals surface area (Å²) in [6, 6.07) is 2.22. The number of hydrogen-bond donors (Lipinski definition) is 1. The summed E-state index contributed by atoms with van der Waals surface area (Å²) in [5.41, 5.74) is 6.38. The van der Waals surface area contributed by atoms with Crippen LogP contribution in [0.4, 0.5) is 0 Å². The third kappa shape index (κ3) is 1.48. The molecular weight excluding hydrogens is 200 g/mol. The first-order chi connectivity index (χ1) is 7.52. The van der Waals surface area contributed by atoms with E-state index in [1.54, 1.807) is 0 Å². The Morgan fingerprint density at radius 3 is 1.94 bits per heavy atom. The van der Waals surface area contributed by atoms with E-state index in [0.29, 0.717) is 13.2 Å². The Balaban J connectivity index is 2.63. The molecule has 1 saturated heterocycles. The van der Waals surface area contributed by atoms with Gasteiger partial charge in [0.05, 0.1) is 25.2 Å². The average Bonchev–Trinajstić information content (AvgIpc) is 2.19. The van der Waals surface area contributed by atoms with Crippen molar-refractivity contribution in [1.29, 1.82) is 0 Å². The second kappa shape index (κ2) is 3.86. The summed E-state index contributed by atoms with van der Waals surface area (Å²) in [6.07, 6.45) is 0. The van der Waals surface area contributed by atoms with Crippen LogP contribution in [0.25, 0.3) is 0 Å². The van der Waals surface area contributed by atoms with Crippen molar-refractivity contribution in [1.82, 2.24) is 0 Å². The molecular formula is C14H20O2. The zero-order valence-electron chi connectivity index (χ0n) is 10.6. The van der Waals surface area contributed by atoms with E-state index in [2.05, 4.69) is 33.8 Å². The van der Waals surface area contributed by atoms with Gasteiger partial charge in [-0.25, -0.2) is 0 Å². The molecule has 1 aromatic carbocycles. The van der Waals surface area contributed by atoms with E-state index >= 15 is 0 Å². The Kier molecular flexibility index (Phi) is 2.81. The molecule has 2 nitrogen and oxygen atoms in total. The molecule has 1 heterocycles. The fourth-order valence-corrected chi connectivity index (χ4v) is 2.68. The lowest BCUT2D eigenvalue weighted by Crippen LogP contribution is -2.50. The smallest absolute Gasteiger partial charge is 0.0656 e. The first-order valence-corrected chi connectivity index (χ1v) is 5.78. The van der Waals surface area contributed by atoms with Crippen molar-refractivity contribution in [2.75, 3.05) is 19.8 Å². The van der Waals surface area contributed by atoms with Gasteiger partial charge in [0.25, 0.3) is 0 Å². The largest absolute Gasteiger partial charge is 0.395 e. The van der Waals surface area contributed by atoms with Gasteiger partial charge in [0, 0.05) is 0 Å². The summed E-state index contributed by atoms with van der Waals surface area (Å²) in [6.45, 7) is 10.0. The molecule has 0 radical (unpaired) electrons. The van der Waals surface area contributed by atoms with Crippen molar-refractivity contribution >= 4 is 0 Å². The van der Waals surface area contributed by atoms with E-state index < -0.39 is 0 Å². The first kappa shape index (κ1) is 11.6. The summed E-state index contributed by atoms with van der Waals surface area (Å²) >= 11 is 0. The molecule has 0 unspecified atom stereocenters. The van der Waals surface area contributed by atoms with Crippen molar-refractivity contribution in [3.8, 4) is 0 Å². The van der Waals surface area contributed by atoms with Crippen LogP contribution in [0.5, 0.6) is 0 Å². The van der Waals surface area contributed by atoms with Crippen LogP contribution in [-0.2, 0) is 10.2 Å². The van der Waals surface area contributed by atoms with E-state index in [0.717, 1.165) is 0 Å². The zero-order chi connectivity index (χ0) is 11.9. The Morgan fingerprint density at radius 1 is 1.12 bits per heavy atom. The minimum atomic E-state index is -0.148. The van der Waals surface area contributed by atoms with Crippen molar-refractivity contribution in [2.45, 2.75) is 33.1 Å². The van der Waals surface area contributed by atoms with Crippen molar-refractivity contribution in [2.24, 2.45) is 0 Å². The molecule has 0 bridgehead atoms. The number of rotatable bonds is 2. The quantitative estimate of drug-likeness (QED) is 0.827. The number of aliphatic hydroxyl groups is 1. The number of hydrogen-bond acceptors (Lipinski definition) is 2. The van der Waals surface area contributed by atoms with Gasteiger partial charge in [0.2, 0.25) is 0 Å². The Hall–Kier alpha value is -0.860. The van der Waals surface area contributed by atoms with Gasteiger partial charge in [-0.05, 0) is 55.5 Å². The van der Waals surface area contributed by atoms with Crippen LogP contribution in [-0.4, -0.2) is 24.9 Å². The molecule has 0 atom stereocenters. The molecule has 0 aliphatic carbocycles. The number of ether oxygens (including phenoxy) is 1. The van der Waals surface area contributed by atoms with Gasteiger partial charge < -0.3 is 9.84 Å². The van der Waals surface area contributed by atoms with Crippen LogP contribution in [0.1, 0.15) is 27.8 Å². The molecule has 1 fully saturated rings. The Labute approximate surface area is 97.3 Å². The minimum Gasteiger partial charge on any atom is -0.395 e. The highest BCUT2D eigenvalue weighted by Crippen LogP contribution is 2.38. The predicted molar refractivity (Wildman–Crippen MR) is 65.0 cm³/mol. The van der Waals surface area contributed by atoms with Gasteiger partial charge in [0.15, 0.2) is 0 Å². The molecule has 2 rings (SSSR count). The highest BCUT2D eigenvalue weighted by molar-refractivity contribution is 5.49. The SMILES string of the molecule is Cc1cc(C)c(C)c(C2(CO)COC2)c1C. The fraction of sp³-hybridized carbons (Fsp3) is 0.571. The predicted octanol–water partition coefficient (Wildman–Crippen LogP) is 2.18. The lowest BCUT2D eigenvalue weighted by Gasteiger charge is -2.43. The fourth-order valence-electron chi connectivity index (χ4n) is 2.68. The molecule has 1 aliphatic heterocycles. The summed E-state index contributed by atoms with van der Waals surface area (Å²) in [7, 11) is 0. The third-order valence-electron chi connectivity index (χ3n) is 3.96. The standard InChI is InChI=1S/C14H20O2/c1-9-5-10(2)12(4)13(11(9)3)14(6-15)7-16-8-14/h5,15H,6-8H2,1-4H3. The maximum atomic E-state index is 9.64. The van der Waals surface area contributed by atoms with Crippen LogP contribution in [0.3, 0.4) is 0 Å². The molecule has 1 aromatic rings. The van der Waals surface area contributed by atoms with E-state index in [1.807, 2.05) is 0 Å².